The van der Waals surface area contributed by atoms with Gasteiger partial charge in [0.2, 0.25) is 0 Å². The summed E-state index contributed by atoms with van der Waals surface area (Å²) in [4.78, 5) is 19.5. The Labute approximate surface area is 130 Å². The summed E-state index contributed by atoms with van der Waals surface area (Å²) in [6.07, 6.45) is -2.07. The lowest BCUT2D eigenvalue weighted by Crippen LogP contribution is -2.45. The molecule has 0 spiro atoms. The van der Waals surface area contributed by atoms with Crippen molar-refractivity contribution in [3.8, 4) is 0 Å². The van der Waals surface area contributed by atoms with Crippen molar-refractivity contribution >= 4 is 12.1 Å². The summed E-state index contributed by atoms with van der Waals surface area (Å²) in [5.41, 5.74) is -0.543. The quantitative estimate of drug-likeness (QED) is 0.636. The first kappa shape index (κ1) is 18.4. The largest absolute Gasteiger partial charge is 0.444 e. The second kappa shape index (κ2) is 7.60. The molecule has 1 atom stereocenters. The Balaban J connectivity index is 2.55. The van der Waals surface area contributed by atoms with Crippen molar-refractivity contribution in [1.82, 2.24) is 15.1 Å². The molecule has 1 rings (SSSR count). The van der Waals surface area contributed by atoms with Gasteiger partial charge in [-0.1, -0.05) is 0 Å². The zero-order valence-electron chi connectivity index (χ0n) is 13.9. The number of hydrogen-bond donors (Lipinski definition) is 1. The van der Waals surface area contributed by atoms with Gasteiger partial charge >= 0.3 is 6.09 Å². The van der Waals surface area contributed by atoms with Crippen LogP contribution < -0.4 is 5.32 Å². The number of ether oxygens (including phenoxy) is 1. The molecule has 1 fully saturated rings. The third kappa shape index (κ3) is 5.65. The third-order valence-electron chi connectivity index (χ3n) is 3.32. The van der Waals surface area contributed by atoms with E-state index in [2.05, 4.69) is 10.3 Å². The molecule has 128 valence electrons. The molecule has 1 amide bonds. The van der Waals surface area contributed by atoms with Crippen molar-refractivity contribution in [2.45, 2.75) is 45.3 Å². The Morgan fingerprint density at radius 1 is 1.50 bits per heavy atom. The number of guanidine groups is 1. The van der Waals surface area contributed by atoms with Crippen LogP contribution in [-0.2, 0) is 4.74 Å². The van der Waals surface area contributed by atoms with Crippen molar-refractivity contribution in [3.05, 3.63) is 0 Å². The molecule has 1 aliphatic rings. The standard InChI is InChI=1S/C14H26F2N4O2/c1-14(2,3)22-13(21)19(5)10-6-7-20(9-10)12(17-4)18-8-11(15)16/h10-11H,6-9H2,1-5H3,(H,17,18). The summed E-state index contributed by atoms with van der Waals surface area (Å²) in [6.45, 7) is 6.20. The SMILES string of the molecule is CN=C(NCC(F)F)N1CCC(N(C)C(=O)OC(C)(C)C)C1. The van der Waals surface area contributed by atoms with Gasteiger partial charge in [-0.2, -0.15) is 0 Å². The van der Waals surface area contributed by atoms with Crippen LogP contribution in [-0.4, -0.2) is 73.7 Å². The van der Waals surface area contributed by atoms with Crippen molar-refractivity contribution in [3.63, 3.8) is 0 Å². The van der Waals surface area contributed by atoms with E-state index in [1.54, 1.807) is 19.0 Å². The lowest BCUT2D eigenvalue weighted by molar-refractivity contribution is 0.0232. The van der Waals surface area contributed by atoms with Gasteiger partial charge in [0.1, 0.15) is 5.60 Å². The Morgan fingerprint density at radius 2 is 2.14 bits per heavy atom. The number of aliphatic imine (C=N–C) groups is 1. The molecule has 8 heteroatoms. The summed E-state index contributed by atoms with van der Waals surface area (Å²) >= 11 is 0. The molecule has 0 radical (unpaired) electrons. The Bertz CT molecular complexity index is 410. The average Bonchev–Trinajstić information content (AvgIpc) is 2.85. The molecule has 0 aromatic heterocycles. The number of carbonyl (C=O) groups is 1. The van der Waals surface area contributed by atoms with E-state index in [1.165, 1.54) is 0 Å². The van der Waals surface area contributed by atoms with E-state index in [0.717, 1.165) is 6.42 Å². The first-order valence-corrected chi connectivity index (χ1v) is 7.33. The minimum absolute atomic E-state index is 0.0278. The summed E-state index contributed by atoms with van der Waals surface area (Å²) < 4.78 is 29.9. The van der Waals surface area contributed by atoms with E-state index in [1.807, 2.05) is 25.7 Å². The maximum Gasteiger partial charge on any atom is 0.410 e. The maximum atomic E-state index is 12.3. The number of hydrogen-bond acceptors (Lipinski definition) is 3. The third-order valence-corrected chi connectivity index (χ3v) is 3.32. The fourth-order valence-corrected chi connectivity index (χ4v) is 2.23. The van der Waals surface area contributed by atoms with Gasteiger partial charge in [-0.05, 0) is 27.2 Å². The molecule has 0 aromatic rings. The molecule has 0 saturated carbocycles. The van der Waals surface area contributed by atoms with Gasteiger partial charge in [0.25, 0.3) is 6.43 Å². The highest BCUT2D eigenvalue weighted by atomic mass is 19.3. The predicted octanol–water partition coefficient (Wildman–Crippen LogP) is 1.77. The van der Waals surface area contributed by atoms with Gasteiger partial charge in [0.05, 0.1) is 12.6 Å². The highest BCUT2D eigenvalue weighted by Crippen LogP contribution is 2.17. The first-order valence-electron chi connectivity index (χ1n) is 7.33. The molecule has 1 saturated heterocycles. The van der Waals surface area contributed by atoms with Gasteiger partial charge in [0.15, 0.2) is 5.96 Å². The number of likely N-dealkylation sites (N-methyl/N-ethyl adjacent to an activating group) is 1. The number of amides is 1. The molecule has 0 bridgehead atoms. The molecule has 6 nitrogen and oxygen atoms in total. The fraction of sp³-hybridized carbons (Fsp3) is 0.857. The number of nitrogens with zero attached hydrogens (tertiary/aromatic N) is 3. The van der Waals surface area contributed by atoms with Crippen molar-refractivity contribution in [2.24, 2.45) is 4.99 Å². The minimum Gasteiger partial charge on any atom is -0.444 e. The molecular formula is C14H26F2N4O2. The van der Waals surface area contributed by atoms with Crippen LogP contribution in [0.1, 0.15) is 27.2 Å². The fourth-order valence-electron chi connectivity index (χ4n) is 2.23. The van der Waals surface area contributed by atoms with Crippen LogP contribution in [0.5, 0.6) is 0 Å². The van der Waals surface area contributed by atoms with Gasteiger partial charge in [-0.25, -0.2) is 13.6 Å². The van der Waals surface area contributed by atoms with Crippen molar-refractivity contribution in [2.75, 3.05) is 33.7 Å². The maximum absolute atomic E-state index is 12.3. The number of nitrogens with one attached hydrogen (secondary N) is 1. The van der Waals surface area contributed by atoms with Crippen LogP contribution in [0, 0.1) is 0 Å². The first-order chi connectivity index (χ1) is 10.1. The number of likely N-dealkylation sites (tertiary alicyclic amines) is 1. The second-order valence-electron chi connectivity index (χ2n) is 6.30. The lowest BCUT2D eigenvalue weighted by atomic mass is 10.2. The smallest absolute Gasteiger partial charge is 0.410 e. The van der Waals surface area contributed by atoms with Crippen LogP contribution in [0.2, 0.25) is 0 Å². The molecule has 1 heterocycles. The lowest BCUT2D eigenvalue weighted by Gasteiger charge is -2.29. The van der Waals surface area contributed by atoms with Gasteiger partial charge in [0, 0.05) is 27.2 Å². The highest BCUT2D eigenvalue weighted by Gasteiger charge is 2.32. The Kier molecular flexibility index (Phi) is 6.37. The molecule has 1 unspecified atom stereocenters. The zero-order valence-corrected chi connectivity index (χ0v) is 13.9. The van der Waals surface area contributed by atoms with Crippen molar-refractivity contribution in [1.29, 1.82) is 0 Å². The van der Waals surface area contributed by atoms with Crippen LogP contribution in [0.15, 0.2) is 4.99 Å². The Morgan fingerprint density at radius 3 is 2.64 bits per heavy atom. The second-order valence-corrected chi connectivity index (χ2v) is 6.30. The van der Waals surface area contributed by atoms with Crippen LogP contribution >= 0.6 is 0 Å². The Hall–Kier alpha value is -1.60. The summed E-state index contributed by atoms with van der Waals surface area (Å²) in [7, 11) is 3.25. The average molecular weight is 320 g/mol. The van der Waals surface area contributed by atoms with Crippen LogP contribution in [0.3, 0.4) is 0 Å². The van der Waals surface area contributed by atoms with E-state index in [0.29, 0.717) is 19.0 Å². The van der Waals surface area contributed by atoms with Crippen molar-refractivity contribution < 1.29 is 18.3 Å². The molecule has 1 N–H and O–H groups in total. The van der Waals surface area contributed by atoms with E-state index < -0.39 is 18.6 Å². The zero-order chi connectivity index (χ0) is 16.9. The van der Waals surface area contributed by atoms with E-state index in [9.17, 15) is 13.6 Å². The van der Waals surface area contributed by atoms with Gasteiger partial charge < -0.3 is 19.9 Å². The molecular weight excluding hydrogens is 294 g/mol. The predicted molar refractivity (Wildman–Crippen MR) is 81.3 cm³/mol. The number of carbonyl (C=O) groups excluding carboxylic acids is 1. The van der Waals surface area contributed by atoms with Crippen LogP contribution in [0.4, 0.5) is 13.6 Å². The van der Waals surface area contributed by atoms with Gasteiger partial charge in [-0.3, -0.25) is 4.99 Å². The van der Waals surface area contributed by atoms with Gasteiger partial charge in [-0.15, -0.1) is 0 Å². The van der Waals surface area contributed by atoms with Crippen LogP contribution in [0.25, 0.3) is 0 Å². The number of rotatable bonds is 3. The number of halogens is 2. The summed E-state index contributed by atoms with van der Waals surface area (Å²) in [5, 5.41) is 2.63. The minimum atomic E-state index is -2.43. The number of alkyl halides is 2. The highest BCUT2D eigenvalue weighted by molar-refractivity contribution is 5.80. The topological polar surface area (TPSA) is 57.2 Å². The molecule has 1 aliphatic heterocycles. The van der Waals surface area contributed by atoms with E-state index in [4.69, 9.17) is 4.74 Å². The normalized spacial score (nSPS) is 19.5. The van der Waals surface area contributed by atoms with E-state index >= 15 is 0 Å². The molecule has 0 aliphatic carbocycles. The monoisotopic (exact) mass is 320 g/mol. The molecule has 0 aromatic carbocycles. The summed E-state index contributed by atoms with van der Waals surface area (Å²) in [6, 6.07) is -0.0278. The summed E-state index contributed by atoms with van der Waals surface area (Å²) in [5.74, 6) is 0.431. The van der Waals surface area contributed by atoms with E-state index in [-0.39, 0.29) is 12.1 Å². The molecule has 22 heavy (non-hydrogen) atoms.